The van der Waals surface area contributed by atoms with Gasteiger partial charge in [0.15, 0.2) is 0 Å². The molecule has 0 radical (unpaired) electrons. The lowest BCUT2D eigenvalue weighted by molar-refractivity contribution is -0.119. The van der Waals surface area contributed by atoms with Gasteiger partial charge in [-0.3, -0.25) is 4.79 Å². The van der Waals surface area contributed by atoms with Crippen molar-refractivity contribution in [3.8, 4) is 0 Å². The van der Waals surface area contributed by atoms with Crippen molar-refractivity contribution in [3.63, 3.8) is 0 Å². The van der Waals surface area contributed by atoms with E-state index in [1.54, 1.807) is 11.8 Å². The third-order valence-electron chi connectivity index (χ3n) is 2.56. The van der Waals surface area contributed by atoms with E-state index in [2.05, 4.69) is 18.7 Å². The number of carbonyl (C=O) groups is 1. The smallest absolute Gasteiger partial charge is 0.145 e. The Balaban J connectivity index is 2.20. The van der Waals surface area contributed by atoms with Crippen molar-refractivity contribution in [3.05, 3.63) is 42.0 Å². The molecule has 0 fully saturated rings. The predicted octanol–water partition coefficient (Wildman–Crippen LogP) is 3.41. The molecule has 1 heterocycles. The molecular weight excluding hydrogens is 204 g/mol. The fourth-order valence-corrected chi connectivity index (χ4v) is 3.11. The van der Waals surface area contributed by atoms with Gasteiger partial charge in [-0.1, -0.05) is 30.4 Å². The van der Waals surface area contributed by atoms with Crippen molar-refractivity contribution in [2.75, 3.05) is 5.75 Å². The average Bonchev–Trinajstić information content (AvgIpc) is 2.59. The van der Waals surface area contributed by atoms with Crippen LogP contribution in [0.15, 0.2) is 41.3 Å². The molecule has 0 N–H and O–H groups in total. The second kappa shape index (κ2) is 4.23. The van der Waals surface area contributed by atoms with Crippen LogP contribution in [0.2, 0.25) is 0 Å². The number of hydrogen-bond acceptors (Lipinski definition) is 2. The molecule has 0 spiro atoms. The Bertz CT molecular complexity index is 409. The molecule has 1 atom stereocenters. The van der Waals surface area contributed by atoms with E-state index in [4.69, 9.17) is 0 Å². The van der Waals surface area contributed by atoms with Crippen LogP contribution >= 0.6 is 11.8 Å². The summed E-state index contributed by atoms with van der Waals surface area (Å²) in [6.07, 6.45) is 0.513. The molecule has 1 nitrogen and oxygen atoms in total. The van der Waals surface area contributed by atoms with Gasteiger partial charge in [0.05, 0.1) is 5.92 Å². The largest absolute Gasteiger partial charge is 0.299 e. The standard InChI is InChI=1S/C13H14OS/c1-9(2)7-12(14)11-8-15-13-6-4-3-5-10(11)13/h3-6,11H,1,7-8H2,2H3. The van der Waals surface area contributed by atoms with Crippen LogP contribution in [-0.2, 0) is 4.79 Å². The molecule has 78 valence electrons. The quantitative estimate of drug-likeness (QED) is 0.723. The molecule has 0 bridgehead atoms. The van der Waals surface area contributed by atoms with Gasteiger partial charge in [0, 0.05) is 17.1 Å². The summed E-state index contributed by atoms with van der Waals surface area (Å²) in [5, 5.41) is 0. The van der Waals surface area contributed by atoms with Gasteiger partial charge in [-0.2, -0.15) is 0 Å². The van der Waals surface area contributed by atoms with Gasteiger partial charge < -0.3 is 0 Å². The van der Waals surface area contributed by atoms with Gasteiger partial charge in [-0.05, 0) is 18.6 Å². The van der Waals surface area contributed by atoms with E-state index in [-0.39, 0.29) is 5.92 Å². The zero-order valence-corrected chi connectivity index (χ0v) is 9.64. The predicted molar refractivity (Wildman–Crippen MR) is 64.3 cm³/mol. The van der Waals surface area contributed by atoms with Crippen molar-refractivity contribution < 1.29 is 4.79 Å². The molecule has 0 aliphatic carbocycles. The number of ketones is 1. The number of carbonyl (C=O) groups excluding carboxylic acids is 1. The lowest BCUT2D eigenvalue weighted by Crippen LogP contribution is -2.11. The zero-order chi connectivity index (χ0) is 10.8. The minimum Gasteiger partial charge on any atom is -0.299 e. The lowest BCUT2D eigenvalue weighted by atomic mass is 9.93. The molecular formula is C13H14OS. The zero-order valence-electron chi connectivity index (χ0n) is 8.82. The normalized spacial score (nSPS) is 18.6. The van der Waals surface area contributed by atoms with E-state index in [9.17, 15) is 4.79 Å². The molecule has 0 saturated carbocycles. The van der Waals surface area contributed by atoms with E-state index in [1.807, 2.05) is 19.1 Å². The van der Waals surface area contributed by atoms with Gasteiger partial charge in [0.1, 0.15) is 5.78 Å². The highest BCUT2D eigenvalue weighted by Gasteiger charge is 2.28. The van der Waals surface area contributed by atoms with Crippen LogP contribution < -0.4 is 0 Å². The molecule has 1 aromatic rings. The highest BCUT2D eigenvalue weighted by atomic mass is 32.2. The van der Waals surface area contributed by atoms with Crippen molar-refractivity contribution in [2.45, 2.75) is 24.2 Å². The van der Waals surface area contributed by atoms with Crippen molar-refractivity contribution in [2.24, 2.45) is 0 Å². The van der Waals surface area contributed by atoms with E-state index < -0.39 is 0 Å². The number of hydrogen-bond donors (Lipinski definition) is 0. The molecule has 1 unspecified atom stereocenters. The molecule has 0 aromatic heterocycles. The Morgan fingerprint density at radius 3 is 3.00 bits per heavy atom. The minimum absolute atomic E-state index is 0.0860. The molecule has 2 heteroatoms. The molecule has 1 aliphatic heterocycles. The van der Waals surface area contributed by atoms with Gasteiger partial charge >= 0.3 is 0 Å². The van der Waals surface area contributed by atoms with Crippen LogP contribution in [0.25, 0.3) is 0 Å². The van der Waals surface area contributed by atoms with E-state index in [1.165, 1.54) is 10.5 Å². The maximum absolute atomic E-state index is 11.9. The summed E-state index contributed by atoms with van der Waals surface area (Å²) in [7, 11) is 0. The third-order valence-corrected chi connectivity index (χ3v) is 3.75. The summed E-state index contributed by atoms with van der Waals surface area (Å²) in [5.74, 6) is 1.29. The van der Waals surface area contributed by atoms with E-state index >= 15 is 0 Å². The van der Waals surface area contributed by atoms with Crippen LogP contribution in [0.3, 0.4) is 0 Å². The van der Waals surface area contributed by atoms with Crippen molar-refractivity contribution >= 4 is 17.5 Å². The van der Waals surface area contributed by atoms with E-state index in [0.717, 1.165) is 11.3 Å². The van der Waals surface area contributed by atoms with Gasteiger partial charge in [0.25, 0.3) is 0 Å². The van der Waals surface area contributed by atoms with Gasteiger partial charge in [-0.15, -0.1) is 11.8 Å². The number of fused-ring (bicyclic) bond motifs is 1. The molecule has 1 aliphatic rings. The lowest BCUT2D eigenvalue weighted by Gasteiger charge is -2.08. The average molecular weight is 218 g/mol. The van der Waals surface area contributed by atoms with Crippen LogP contribution in [-0.4, -0.2) is 11.5 Å². The number of rotatable bonds is 3. The van der Waals surface area contributed by atoms with Gasteiger partial charge in [-0.25, -0.2) is 0 Å². The molecule has 0 amide bonds. The SMILES string of the molecule is C=C(C)CC(=O)C1CSc2ccccc21. The Hall–Kier alpha value is -1.02. The summed E-state index contributed by atoms with van der Waals surface area (Å²) in [5.41, 5.74) is 2.16. The minimum atomic E-state index is 0.0860. The first-order chi connectivity index (χ1) is 7.18. The maximum Gasteiger partial charge on any atom is 0.145 e. The van der Waals surface area contributed by atoms with Crippen molar-refractivity contribution in [1.82, 2.24) is 0 Å². The first-order valence-corrected chi connectivity index (χ1v) is 6.06. The van der Waals surface area contributed by atoms with Crippen LogP contribution in [0.5, 0.6) is 0 Å². The first kappa shape index (κ1) is 10.5. The highest BCUT2D eigenvalue weighted by Crippen LogP contribution is 2.40. The maximum atomic E-state index is 11.9. The summed E-state index contributed by atoms with van der Waals surface area (Å²) in [4.78, 5) is 13.2. The monoisotopic (exact) mass is 218 g/mol. The van der Waals surface area contributed by atoms with Crippen LogP contribution in [0, 0.1) is 0 Å². The highest BCUT2D eigenvalue weighted by molar-refractivity contribution is 7.99. The second-order valence-electron chi connectivity index (χ2n) is 4.00. The topological polar surface area (TPSA) is 17.1 Å². The Kier molecular flexibility index (Phi) is 2.96. The van der Waals surface area contributed by atoms with Crippen LogP contribution in [0.1, 0.15) is 24.8 Å². The molecule has 0 saturated heterocycles. The summed E-state index contributed by atoms with van der Waals surface area (Å²) in [6, 6.07) is 8.19. The van der Waals surface area contributed by atoms with Gasteiger partial charge in [0.2, 0.25) is 0 Å². The molecule has 15 heavy (non-hydrogen) atoms. The molecule has 2 rings (SSSR count). The first-order valence-electron chi connectivity index (χ1n) is 5.07. The van der Waals surface area contributed by atoms with E-state index in [0.29, 0.717) is 12.2 Å². The summed E-state index contributed by atoms with van der Waals surface area (Å²) in [6.45, 7) is 5.70. The number of benzene rings is 1. The fourth-order valence-electron chi connectivity index (χ4n) is 1.85. The summed E-state index contributed by atoms with van der Waals surface area (Å²) < 4.78 is 0. The number of allylic oxidation sites excluding steroid dienone is 1. The number of Topliss-reactive ketones (excluding diaryl/α,β-unsaturated/α-hetero) is 1. The van der Waals surface area contributed by atoms with Crippen molar-refractivity contribution in [1.29, 1.82) is 0 Å². The number of thioether (sulfide) groups is 1. The fraction of sp³-hybridized carbons (Fsp3) is 0.308. The Morgan fingerprint density at radius 2 is 2.27 bits per heavy atom. The molecule has 1 aromatic carbocycles. The summed E-state index contributed by atoms with van der Waals surface area (Å²) >= 11 is 1.78. The Labute approximate surface area is 94.6 Å². The Morgan fingerprint density at radius 1 is 1.53 bits per heavy atom. The second-order valence-corrected chi connectivity index (χ2v) is 5.06. The van der Waals surface area contributed by atoms with Crippen LogP contribution in [0.4, 0.5) is 0 Å². The third kappa shape index (κ3) is 2.15.